The van der Waals surface area contributed by atoms with Crippen molar-refractivity contribution in [1.29, 1.82) is 0 Å². The molecule has 0 saturated carbocycles. The number of hydrogen-bond acceptors (Lipinski definition) is 5. The van der Waals surface area contributed by atoms with E-state index in [0.717, 1.165) is 37.4 Å². The summed E-state index contributed by atoms with van der Waals surface area (Å²) in [5, 5.41) is 2.73. The van der Waals surface area contributed by atoms with Gasteiger partial charge in [-0.25, -0.2) is 4.79 Å². The molecule has 5 aliphatic heterocycles. The largest absolute Gasteiger partial charge is 0.454 e. The Bertz CT molecular complexity index is 821. The predicted octanol–water partition coefficient (Wildman–Crippen LogP) is 1.08. The number of nitrogens with zero attached hydrogens (tertiary/aromatic N) is 3. The molecular formula is C21H28N4O4. The van der Waals surface area contributed by atoms with Crippen molar-refractivity contribution in [2.75, 3.05) is 47.1 Å². The molecule has 6 rings (SSSR count). The molecule has 0 radical (unpaired) electrons. The maximum absolute atomic E-state index is 13.1. The third-order valence-corrected chi connectivity index (χ3v) is 6.94. The molecule has 0 unspecified atom stereocenters. The highest BCUT2D eigenvalue weighted by atomic mass is 16.7. The number of ether oxygens (including phenoxy) is 2. The number of hydrogen-bond donors (Lipinski definition) is 1. The normalized spacial score (nSPS) is 31.5. The molecule has 2 bridgehead atoms. The monoisotopic (exact) mass is 400 g/mol. The second-order valence-corrected chi connectivity index (χ2v) is 8.67. The molecule has 29 heavy (non-hydrogen) atoms. The summed E-state index contributed by atoms with van der Waals surface area (Å²) in [7, 11) is 3.35. The maximum Gasteiger partial charge on any atom is 0.317 e. The van der Waals surface area contributed by atoms with Crippen LogP contribution in [0.15, 0.2) is 18.2 Å². The Morgan fingerprint density at radius 2 is 1.90 bits per heavy atom. The van der Waals surface area contributed by atoms with Crippen LogP contribution in [0.2, 0.25) is 0 Å². The summed E-state index contributed by atoms with van der Waals surface area (Å²) in [6.07, 6.45) is 2.28. The van der Waals surface area contributed by atoms with Gasteiger partial charge in [0.15, 0.2) is 11.5 Å². The highest BCUT2D eigenvalue weighted by Gasteiger charge is 2.54. The van der Waals surface area contributed by atoms with Crippen molar-refractivity contribution in [2.24, 2.45) is 5.92 Å². The number of likely N-dealkylation sites (tertiary alicyclic amines) is 1. The fraction of sp³-hybridized carbons (Fsp3) is 0.619. The van der Waals surface area contributed by atoms with Gasteiger partial charge in [-0.1, -0.05) is 6.07 Å². The number of amides is 3. The van der Waals surface area contributed by atoms with Gasteiger partial charge in [-0.3, -0.25) is 9.69 Å². The summed E-state index contributed by atoms with van der Waals surface area (Å²) in [4.78, 5) is 31.0. The van der Waals surface area contributed by atoms with Gasteiger partial charge in [0.05, 0.1) is 12.6 Å². The van der Waals surface area contributed by atoms with Crippen LogP contribution in [0.3, 0.4) is 0 Å². The van der Waals surface area contributed by atoms with Crippen molar-refractivity contribution in [3.05, 3.63) is 23.8 Å². The molecule has 0 aliphatic carbocycles. The number of fused-ring (bicyclic) bond motifs is 3. The Kier molecular flexibility index (Phi) is 4.53. The van der Waals surface area contributed by atoms with Gasteiger partial charge < -0.3 is 24.6 Å². The highest BCUT2D eigenvalue weighted by molar-refractivity contribution is 5.84. The molecule has 3 atom stereocenters. The molecule has 3 amide bonds. The predicted molar refractivity (Wildman–Crippen MR) is 106 cm³/mol. The van der Waals surface area contributed by atoms with Crippen molar-refractivity contribution >= 4 is 11.9 Å². The smallest absolute Gasteiger partial charge is 0.317 e. The molecule has 0 aromatic heterocycles. The molecule has 1 aromatic carbocycles. The minimum atomic E-state index is -0.240. The first-order valence-electron chi connectivity index (χ1n) is 10.4. The van der Waals surface area contributed by atoms with Gasteiger partial charge in [-0.05, 0) is 49.5 Å². The van der Waals surface area contributed by atoms with E-state index in [2.05, 4.69) is 22.3 Å². The first-order valence-corrected chi connectivity index (χ1v) is 10.4. The molecular weight excluding hydrogens is 372 g/mol. The number of carbonyl (C=O) groups excluding carboxylic acids is 2. The third-order valence-electron chi connectivity index (χ3n) is 6.94. The lowest BCUT2D eigenvalue weighted by molar-refractivity contribution is -0.134. The van der Waals surface area contributed by atoms with Crippen molar-refractivity contribution in [1.82, 2.24) is 20.0 Å². The average molecular weight is 400 g/mol. The standard InChI is InChI=1S/C21H28N4O4/c1-23(2)21(27)22-10-18(26)25-11-15(14-3-4-16-17(9-14)29-12-28-16)20-19(25)13-5-7-24(20)8-6-13/h3-4,9,13,15,19-20H,5-8,10-12H2,1-2H3,(H,22,27)/t15-,19+,20+/m1/s1. The van der Waals surface area contributed by atoms with Crippen LogP contribution in [0.4, 0.5) is 4.79 Å². The van der Waals surface area contributed by atoms with E-state index in [0.29, 0.717) is 18.5 Å². The van der Waals surface area contributed by atoms with Crippen LogP contribution >= 0.6 is 0 Å². The number of urea groups is 1. The molecule has 5 heterocycles. The molecule has 4 saturated heterocycles. The Morgan fingerprint density at radius 3 is 2.66 bits per heavy atom. The van der Waals surface area contributed by atoms with Crippen LogP contribution < -0.4 is 14.8 Å². The Balaban J connectivity index is 1.40. The quantitative estimate of drug-likeness (QED) is 0.822. The van der Waals surface area contributed by atoms with E-state index in [1.807, 2.05) is 11.0 Å². The van der Waals surface area contributed by atoms with E-state index in [-0.39, 0.29) is 37.2 Å². The zero-order valence-electron chi connectivity index (χ0n) is 17.0. The molecule has 156 valence electrons. The molecule has 1 N–H and O–H groups in total. The van der Waals surface area contributed by atoms with Crippen molar-refractivity contribution in [2.45, 2.75) is 30.8 Å². The topological polar surface area (TPSA) is 74.4 Å². The summed E-state index contributed by atoms with van der Waals surface area (Å²) in [5.41, 5.74) is 1.20. The molecule has 4 fully saturated rings. The SMILES string of the molecule is CN(C)C(=O)NCC(=O)N1C[C@H](c2ccc3c(c2)OCO3)[C@H]2[C@@H]1C1CCN2CC1. The van der Waals surface area contributed by atoms with Crippen molar-refractivity contribution in [3.8, 4) is 11.5 Å². The summed E-state index contributed by atoms with van der Waals surface area (Å²) >= 11 is 0. The fourth-order valence-corrected chi connectivity index (χ4v) is 5.55. The first-order chi connectivity index (χ1) is 14.0. The second-order valence-electron chi connectivity index (χ2n) is 8.67. The van der Waals surface area contributed by atoms with Crippen LogP contribution in [0.5, 0.6) is 11.5 Å². The molecule has 1 aromatic rings. The molecule has 8 nitrogen and oxygen atoms in total. The highest BCUT2D eigenvalue weighted by Crippen LogP contribution is 2.47. The number of nitrogens with one attached hydrogen (secondary N) is 1. The van der Waals surface area contributed by atoms with E-state index in [1.54, 1.807) is 14.1 Å². The van der Waals surface area contributed by atoms with Gasteiger partial charge in [0.25, 0.3) is 0 Å². The summed E-state index contributed by atoms with van der Waals surface area (Å²) < 4.78 is 11.1. The lowest BCUT2D eigenvalue weighted by Gasteiger charge is -2.51. The third kappa shape index (κ3) is 3.10. The van der Waals surface area contributed by atoms with Crippen LogP contribution in [-0.4, -0.2) is 85.8 Å². The van der Waals surface area contributed by atoms with E-state index in [9.17, 15) is 9.59 Å². The van der Waals surface area contributed by atoms with Gasteiger partial charge in [0, 0.05) is 32.6 Å². The zero-order valence-corrected chi connectivity index (χ0v) is 17.0. The molecule has 0 spiro atoms. The van der Waals surface area contributed by atoms with E-state index < -0.39 is 0 Å². The van der Waals surface area contributed by atoms with Gasteiger partial charge >= 0.3 is 6.03 Å². The van der Waals surface area contributed by atoms with Crippen molar-refractivity contribution < 1.29 is 19.1 Å². The zero-order chi connectivity index (χ0) is 20.1. The summed E-state index contributed by atoms with van der Waals surface area (Å²) in [6, 6.07) is 6.48. The van der Waals surface area contributed by atoms with Crippen LogP contribution in [0, 0.1) is 5.92 Å². The lowest BCUT2D eigenvalue weighted by atomic mass is 9.75. The number of carbonyl (C=O) groups is 2. The maximum atomic E-state index is 13.1. The van der Waals surface area contributed by atoms with Gasteiger partial charge in [-0.15, -0.1) is 0 Å². The fourth-order valence-electron chi connectivity index (χ4n) is 5.55. The van der Waals surface area contributed by atoms with Gasteiger partial charge in [0.1, 0.15) is 0 Å². The number of rotatable bonds is 3. The number of benzene rings is 1. The second kappa shape index (κ2) is 7.09. The van der Waals surface area contributed by atoms with E-state index >= 15 is 0 Å². The summed E-state index contributed by atoms with van der Waals surface area (Å²) in [5.74, 6) is 2.36. The van der Waals surface area contributed by atoms with Crippen LogP contribution in [-0.2, 0) is 4.79 Å². The van der Waals surface area contributed by atoms with Crippen molar-refractivity contribution in [3.63, 3.8) is 0 Å². The van der Waals surface area contributed by atoms with Crippen LogP contribution in [0.25, 0.3) is 0 Å². The van der Waals surface area contributed by atoms with Gasteiger partial charge in [-0.2, -0.15) is 0 Å². The lowest BCUT2D eigenvalue weighted by Crippen LogP contribution is -2.61. The van der Waals surface area contributed by atoms with E-state index in [1.165, 1.54) is 10.5 Å². The minimum Gasteiger partial charge on any atom is -0.454 e. The minimum absolute atomic E-state index is 0.00666. The van der Waals surface area contributed by atoms with Crippen LogP contribution in [0.1, 0.15) is 24.3 Å². The molecule has 5 aliphatic rings. The molecule has 8 heteroatoms. The summed E-state index contributed by atoms with van der Waals surface area (Å²) in [6.45, 7) is 3.19. The van der Waals surface area contributed by atoms with Gasteiger partial charge in [0.2, 0.25) is 12.7 Å². The first kappa shape index (κ1) is 18.5. The average Bonchev–Trinajstić information content (AvgIpc) is 3.37. The Labute approximate surface area is 170 Å². The number of piperidine rings is 3. The Morgan fingerprint density at radius 1 is 1.14 bits per heavy atom. The Hall–Kier alpha value is -2.48. The van der Waals surface area contributed by atoms with E-state index in [4.69, 9.17) is 9.47 Å².